The van der Waals surface area contributed by atoms with Crippen LogP contribution < -0.4 is 0 Å². The predicted molar refractivity (Wildman–Crippen MR) is 89.2 cm³/mol. The zero-order valence-corrected chi connectivity index (χ0v) is 16.3. The Hall–Kier alpha value is 0.489. The summed E-state index contributed by atoms with van der Waals surface area (Å²) >= 11 is -2.49. The minimum atomic E-state index is -2.49. The molecule has 1 rings (SSSR count). The first-order valence-electron chi connectivity index (χ1n) is 6.98. The summed E-state index contributed by atoms with van der Waals surface area (Å²) in [4.78, 5) is 3.91. The number of nitrogens with zero attached hydrogens (tertiary/aromatic N) is 1. The molecule has 1 N–H and O–H groups in total. The van der Waals surface area contributed by atoms with Gasteiger partial charge in [0.1, 0.15) is 0 Å². The van der Waals surface area contributed by atoms with Crippen LogP contribution in [0, 0.1) is 0 Å². The van der Waals surface area contributed by atoms with E-state index < -0.39 is 16.1 Å². The first-order chi connectivity index (χ1) is 9.05. The smallest absolute Gasteiger partial charge is 0.0270 e. The molecular formula is C14H25Cl2N2Sn-. The van der Waals surface area contributed by atoms with Crippen molar-refractivity contribution in [2.45, 2.75) is 54.9 Å². The number of pyridine rings is 1. The molecule has 0 saturated carbocycles. The van der Waals surface area contributed by atoms with E-state index >= 15 is 0 Å². The van der Waals surface area contributed by atoms with Crippen molar-refractivity contribution in [2.75, 3.05) is 0 Å². The molecule has 1 heterocycles. The predicted octanol–water partition coefficient (Wildman–Crippen LogP) is 6.14. The minimum absolute atomic E-state index is 0.279. The molecule has 110 valence electrons. The van der Waals surface area contributed by atoms with Gasteiger partial charge in [-0.05, 0) is 12.1 Å². The van der Waals surface area contributed by atoms with Crippen molar-refractivity contribution in [2.24, 2.45) is 0 Å². The van der Waals surface area contributed by atoms with Crippen molar-refractivity contribution in [1.29, 1.82) is 0 Å². The van der Waals surface area contributed by atoms with Crippen LogP contribution in [-0.2, 0) is 6.54 Å². The topological polar surface area (TPSA) is 36.7 Å². The van der Waals surface area contributed by atoms with Gasteiger partial charge < -0.3 is 5.73 Å². The zero-order chi connectivity index (χ0) is 14.6. The van der Waals surface area contributed by atoms with E-state index in [2.05, 4.69) is 18.8 Å². The summed E-state index contributed by atoms with van der Waals surface area (Å²) in [6, 6.07) is 5.57. The van der Waals surface area contributed by atoms with E-state index in [1.165, 1.54) is 25.7 Å². The quantitative estimate of drug-likeness (QED) is 0.497. The second kappa shape index (κ2) is 12.2. The molecule has 0 aromatic carbocycles. The van der Waals surface area contributed by atoms with Gasteiger partial charge in [0, 0.05) is 11.9 Å². The van der Waals surface area contributed by atoms with E-state index in [1.54, 1.807) is 6.20 Å². The Labute approximate surface area is 129 Å². The minimum Gasteiger partial charge on any atom is -0.672 e. The Kier molecular flexibility index (Phi) is 12.6. The number of aromatic nitrogens is 1. The molecule has 1 aromatic heterocycles. The van der Waals surface area contributed by atoms with Crippen molar-refractivity contribution < 1.29 is 0 Å². The van der Waals surface area contributed by atoms with Gasteiger partial charge in [0.05, 0.1) is 0 Å². The molecule has 1 aromatic rings. The maximum absolute atomic E-state index is 6.88. The maximum atomic E-state index is 6.88. The van der Waals surface area contributed by atoms with E-state index in [0.717, 1.165) is 14.6 Å². The van der Waals surface area contributed by atoms with Crippen LogP contribution >= 0.6 is 17.8 Å². The maximum Gasteiger partial charge on any atom is 0.0270 e. The summed E-state index contributed by atoms with van der Waals surface area (Å²) in [5.41, 5.74) is 7.71. The number of hydrogen-bond donors (Lipinski definition) is 0. The summed E-state index contributed by atoms with van der Waals surface area (Å²) in [5.74, 6) is 0. The largest absolute Gasteiger partial charge is 0.672 e. The fourth-order valence-corrected chi connectivity index (χ4v) is 10.8. The Morgan fingerprint density at radius 2 is 1.68 bits per heavy atom. The van der Waals surface area contributed by atoms with Crippen molar-refractivity contribution in [3.63, 3.8) is 0 Å². The molecule has 2 nitrogen and oxygen atoms in total. The second-order valence-electron chi connectivity index (χ2n) is 4.56. The zero-order valence-electron chi connectivity index (χ0n) is 12.0. The van der Waals surface area contributed by atoms with Crippen molar-refractivity contribution >= 4 is 34.0 Å². The Balaban J connectivity index is 0.000000356. The summed E-state index contributed by atoms with van der Waals surface area (Å²) in [6.45, 7) is 4.66. The van der Waals surface area contributed by atoms with Crippen molar-refractivity contribution in [3.8, 4) is 0 Å². The Morgan fingerprint density at radius 1 is 1.11 bits per heavy atom. The van der Waals surface area contributed by atoms with E-state index in [1.807, 2.05) is 18.2 Å². The van der Waals surface area contributed by atoms with Crippen LogP contribution in [0.5, 0.6) is 0 Å². The molecule has 19 heavy (non-hydrogen) atoms. The fraction of sp³-hybridized carbons (Fsp3) is 0.643. The molecule has 0 aliphatic rings. The van der Waals surface area contributed by atoms with Gasteiger partial charge in [-0.25, -0.2) is 0 Å². The van der Waals surface area contributed by atoms with Crippen LogP contribution in [0.2, 0.25) is 8.87 Å². The van der Waals surface area contributed by atoms with Crippen LogP contribution in [-0.4, -0.2) is 21.1 Å². The molecule has 0 unspecified atom stereocenters. The van der Waals surface area contributed by atoms with Crippen molar-refractivity contribution in [3.05, 3.63) is 35.8 Å². The number of rotatable bonds is 7. The standard InChI is InChI=1S/C6H7N2.2C4H9.2ClH.Sn/c7-5-6-3-1-2-4-8-6;2*1-3-4-2;;;/h1-4,7H,5H2;2*1,3-4H2,2H3;2*1H;/q-1;;;;;+2/p-2. The number of unbranched alkanes of at least 4 members (excludes halogenated alkanes) is 2. The monoisotopic (exact) mass is 411 g/mol. The molecule has 0 fully saturated rings. The van der Waals surface area contributed by atoms with Crippen LogP contribution in [0.15, 0.2) is 24.4 Å². The van der Waals surface area contributed by atoms with E-state index in [4.69, 9.17) is 23.6 Å². The van der Waals surface area contributed by atoms with Gasteiger partial charge >= 0.3 is 82.4 Å². The van der Waals surface area contributed by atoms with Gasteiger partial charge in [-0.1, -0.05) is 6.07 Å². The summed E-state index contributed by atoms with van der Waals surface area (Å²) in [6.07, 6.45) is 6.61. The SMILES string of the molecule is CCC[CH2][Sn]([Cl])([Cl])[CH2]CCC.[NH-]Cc1ccccn1. The molecule has 0 saturated heterocycles. The van der Waals surface area contributed by atoms with Gasteiger partial charge in [0.25, 0.3) is 0 Å². The molecule has 0 bridgehead atoms. The average molecular weight is 411 g/mol. The molecule has 0 aliphatic heterocycles. The first kappa shape index (κ1) is 19.5. The third-order valence-electron chi connectivity index (χ3n) is 2.70. The van der Waals surface area contributed by atoms with Gasteiger partial charge in [-0.15, -0.1) is 6.54 Å². The fourth-order valence-electron chi connectivity index (χ4n) is 1.50. The first-order valence-corrected chi connectivity index (χ1v) is 18.2. The third-order valence-corrected chi connectivity index (χ3v) is 14.0. The summed E-state index contributed by atoms with van der Waals surface area (Å²) < 4.78 is 2.29. The van der Waals surface area contributed by atoms with Crippen LogP contribution in [0.4, 0.5) is 0 Å². The molecular weight excluding hydrogens is 386 g/mol. The van der Waals surface area contributed by atoms with E-state index in [9.17, 15) is 0 Å². The molecule has 5 heteroatoms. The number of nitrogens with one attached hydrogen (secondary N) is 1. The summed E-state index contributed by atoms with van der Waals surface area (Å²) in [5, 5.41) is 0. The normalized spacial score (nSPS) is 10.8. The summed E-state index contributed by atoms with van der Waals surface area (Å²) in [7, 11) is 12.5. The van der Waals surface area contributed by atoms with Gasteiger partial charge in [0.15, 0.2) is 0 Å². The molecule has 0 amide bonds. The molecule has 0 atom stereocenters. The van der Waals surface area contributed by atoms with Crippen LogP contribution in [0.3, 0.4) is 0 Å². The molecule has 0 spiro atoms. The Bertz CT molecular complexity index is 298. The third kappa shape index (κ3) is 12.0. The van der Waals surface area contributed by atoms with Gasteiger partial charge in [0.2, 0.25) is 0 Å². The van der Waals surface area contributed by atoms with E-state index in [-0.39, 0.29) is 6.54 Å². The number of halogens is 2. The molecule has 0 radical (unpaired) electrons. The number of hydrogen-bond acceptors (Lipinski definition) is 1. The van der Waals surface area contributed by atoms with Gasteiger partial charge in [-0.3, -0.25) is 4.98 Å². The Morgan fingerprint density at radius 3 is 2.00 bits per heavy atom. The van der Waals surface area contributed by atoms with Crippen molar-refractivity contribution in [1.82, 2.24) is 4.98 Å². The average Bonchev–Trinajstić information content (AvgIpc) is 2.45. The second-order valence-corrected chi connectivity index (χ2v) is 23.3. The van der Waals surface area contributed by atoms with Crippen LogP contribution in [0.25, 0.3) is 5.73 Å². The molecule has 0 aliphatic carbocycles. The van der Waals surface area contributed by atoms with Gasteiger partial charge in [-0.2, -0.15) is 0 Å². The van der Waals surface area contributed by atoms with E-state index in [0.29, 0.717) is 0 Å². The van der Waals surface area contributed by atoms with Crippen LogP contribution in [0.1, 0.15) is 45.2 Å².